The predicted molar refractivity (Wildman–Crippen MR) is 98.8 cm³/mol. The van der Waals surface area contributed by atoms with Crippen LogP contribution in [0, 0.1) is 16.6 Å². The average Bonchev–Trinajstić information content (AvgIpc) is 2.61. The Morgan fingerprint density at radius 2 is 1.76 bits per heavy atom. The van der Waals surface area contributed by atoms with Gasteiger partial charge >= 0.3 is 0 Å². The number of rotatable bonds is 8. The van der Waals surface area contributed by atoms with Crippen molar-refractivity contribution in [3.05, 3.63) is 60.4 Å². The quantitative estimate of drug-likeness (QED) is 0.691. The first-order valence-corrected chi connectivity index (χ1v) is 7.62. The van der Waals surface area contributed by atoms with Gasteiger partial charge in [-0.15, -0.1) is 0 Å². The number of nitrogens with zero attached hydrogens (tertiary/aromatic N) is 2. The van der Waals surface area contributed by atoms with E-state index >= 15 is 0 Å². The monoisotopic (exact) mass is 336 g/mol. The zero-order valence-corrected chi connectivity index (χ0v) is 13.4. The lowest BCUT2D eigenvalue weighted by molar-refractivity contribution is -0.111. The number of carbonyl (C=O) groups is 1. The molecule has 6 heteroatoms. The Kier molecular flexibility index (Phi) is 6.59. The Bertz CT molecular complexity index is 828. The molecule has 25 heavy (non-hydrogen) atoms. The molecular formula is C19H17FN4O. The van der Waals surface area contributed by atoms with Crippen molar-refractivity contribution in [1.82, 2.24) is 0 Å². The summed E-state index contributed by atoms with van der Waals surface area (Å²) < 4.78 is 13.1. The lowest BCUT2D eigenvalue weighted by atomic mass is 10.1. The summed E-state index contributed by atoms with van der Waals surface area (Å²) in [5, 5.41) is 15.2. The van der Waals surface area contributed by atoms with Crippen LogP contribution >= 0.6 is 0 Å². The van der Waals surface area contributed by atoms with Crippen LogP contribution in [0.2, 0.25) is 0 Å². The van der Waals surface area contributed by atoms with Crippen LogP contribution in [0.4, 0.5) is 15.8 Å². The number of hydrogen-bond donors (Lipinski definition) is 2. The van der Waals surface area contributed by atoms with Crippen LogP contribution in [0.5, 0.6) is 0 Å². The molecule has 2 aromatic rings. The fourth-order valence-electron chi connectivity index (χ4n) is 2.01. The maximum absolute atomic E-state index is 13.1. The second kappa shape index (κ2) is 9.12. The number of hydrogen-bond acceptors (Lipinski definition) is 5. The Morgan fingerprint density at radius 3 is 2.44 bits per heavy atom. The van der Waals surface area contributed by atoms with Gasteiger partial charge in [0.1, 0.15) is 11.5 Å². The van der Waals surface area contributed by atoms with Crippen molar-refractivity contribution >= 4 is 41.0 Å². The zero-order chi connectivity index (χ0) is 18.1. The molecule has 0 bridgehead atoms. The van der Waals surface area contributed by atoms with Gasteiger partial charge in [-0.05, 0) is 30.3 Å². The molecule has 0 saturated heterocycles. The highest BCUT2D eigenvalue weighted by Gasteiger charge is 2.14. The number of Topliss-reactive ketones (excluding diaryl/α,β-unsaturated/α-hetero) is 1. The van der Waals surface area contributed by atoms with Crippen molar-refractivity contribution in [1.29, 1.82) is 10.8 Å². The molecule has 0 aliphatic heterocycles. The molecule has 0 atom stereocenters. The molecule has 0 aromatic heterocycles. The molecule has 126 valence electrons. The zero-order valence-electron chi connectivity index (χ0n) is 13.4. The average molecular weight is 336 g/mol. The lowest BCUT2D eigenvalue weighted by Crippen LogP contribution is -2.23. The van der Waals surface area contributed by atoms with E-state index in [4.69, 9.17) is 10.8 Å². The van der Waals surface area contributed by atoms with Crippen molar-refractivity contribution < 1.29 is 9.18 Å². The second-order valence-corrected chi connectivity index (χ2v) is 5.10. The molecule has 0 amide bonds. The topological polar surface area (TPSA) is 89.5 Å². The molecule has 2 rings (SSSR count). The summed E-state index contributed by atoms with van der Waals surface area (Å²) in [4.78, 5) is 20.4. The van der Waals surface area contributed by atoms with E-state index in [9.17, 15) is 9.18 Å². The van der Waals surface area contributed by atoms with Gasteiger partial charge in [-0.2, -0.15) is 0 Å². The maximum Gasteiger partial charge on any atom is 0.187 e. The smallest absolute Gasteiger partial charge is 0.187 e. The number of benzene rings is 2. The Morgan fingerprint density at radius 1 is 1.04 bits per heavy atom. The van der Waals surface area contributed by atoms with Gasteiger partial charge < -0.3 is 5.41 Å². The van der Waals surface area contributed by atoms with Gasteiger partial charge in [0.25, 0.3) is 0 Å². The highest BCUT2D eigenvalue weighted by atomic mass is 19.1. The van der Waals surface area contributed by atoms with Crippen LogP contribution in [0.25, 0.3) is 0 Å². The van der Waals surface area contributed by atoms with Crippen LogP contribution in [0.15, 0.2) is 64.6 Å². The largest absolute Gasteiger partial charge is 0.313 e. The molecule has 5 nitrogen and oxygen atoms in total. The fraction of sp³-hybridized carbons (Fsp3) is 0.105. The SMILES string of the molecule is N=CCC(=Nc1ccccc1)C(=N)C(=O)CC=Nc1cccc(F)c1. The molecule has 2 aromatic carbocycles. The normalized spacial score (nSPS) is 11.5. The summed E-state index contributed by atoms with van der Waals surface area (Å²) >= 11 is 0. The summed E-state index contributed by atoms with van der Waals surface area (Å²) in [5.41, 5.74) is 0.991. The minimum Gasteiger partial charge on any atom is -0.313 e. The number of ketones is 1. The Labute approximate surface area is 145 Å². The van der Waals surface area contributed by atoms with Gasteiger partial charge in [-0.3, -0.25) is 20.2 Å². The van der Waals surface area contributed by atoms with Crippen LogP contribution in [0.3, 0.4) is 0 Å². The molecule has 0 spiro atoms. The number of nitrogens with one attached hydrogen (secondary N) is 2. The van der Waals surface area contributed by atoms with E-state index in [1.165, 1.54) is 24.4 Å². The summed E-state index contributed by atoms with van der Waals surface area (Å²) in [6.45, 7) is 0. The molecule has 0 aliphatic rings. The number of halogens is 1. The third-order valence-corrected chi connectivity index (χ3v) is 3.21. The highest BCUT2D eigenvalue weighted by Crippen LogP contribution is 2.13. The first kappa shape index (κ1) is 18.1. The second-order valence-electron chi connectivity index (χ2n) is 5.10. The van der Waals surface area contributed by atoms with E-state index in [0.717, 1.165) is 6.21 Å². The number of aliphatic imine (C=N–C) groups is 2. The molecule has 0 heterocycles. The maximum atomic E-state index is 13.1. The van der Waals surface area contributed by atoms with Gasteiger partial charge in [0.15, 0.2) is 5.78 Å². The van der Waals surface area contributed by atoms with E-state index in [-0.39, 0.29) is 24.3 Å². The van der Waals surface area contributed by atoms with Gasteiger partial charge in [-0.25, -0.2) is 4.39 Å². The first-order valence-electron chi connectivity index (χ1n) is 7.62. The predicted octanol–water partition coefficient (Wildman–Crippen LogP) is 4.32. The van der Waals surface area contributed by atoms with Crippen LogP contribution in [-0.2, 0) is 4.79 Å². The van der Waals surface area contributed by atoms with E-state index in [2.05, 4.69) is 9.98 Å². The van der Waals surface area contributed by atoms with Gasteiger partial charge in [0, 0.05) is 25.3 Å². The van der Waals surface area contributed by atoms with E-state index in [0.29, 0.717) is 11.4 Å². The molecule has 0 aliphatic carbocycles. The summed E-state index contributed by atoms with van der Waals surface area (Å²) in [7, 11) is 0. The first-order chi connectivity index (χ1) is 12.1. The van der Waals surface area contributed by atoms with E-state index in [1.807, 2.05) is 6.07 Å². The van der Waals surface area contributed by atoms with Crippen molar-refractivity contribution in [2.75, 3.05) is 0 Å². The van der Waals surface area contributed by atoms with E-state index in [1.54, 1.807) is 30.3 Å². The van der Waals surface area contributed by atoms with Gasteiger partial charge in [0.2, 0.25) is 0 Å². The van der Waals surface area contributed by atoms with Crippen LogP contribution < -0.4 is 0 Å². The van der Waals surface area contributed by atoms with Crippen molar-refractivity contribution in [2.24, 2.45) is 9.98 Å². The van der Waals surface area contributed by atoms with E-state index < -0.39 is 11.6 Å². The summed E-state index contributed by atoms with van der Waals surface area (Å²) in [6, 6.07) is 14.7. The third-order valence-electron chi connectivity index (χ3n) is 3.21. The number of para-hydroxylation sites is 1. The van der Waals surface area contributed by atoms with Crippen molar-refractivity contribution in [3.63, 3.8) is 0 Å². The van der Waals surface area contributed by atoms with Crippen molar-refractivity contribution in [2.45, 2.75) is 12.8 Å². The standard InChI is InChI=1S/C19H17FN4O/c20-14-5-4-8-16(13-14)23-12-10-18(25)19(22)17(9-11-21)24-15-6-2-1-3-7-15/h1-8,11-13,21-22H,9-10H2. The summed E-state index contributed by atoms with van der Waals surface area (Å²) in [6.07, 6.45) is 2.45. The Balaban J connectivity index is 2.07. The number of carbonyl (C=O) groups excluding carboxylic acids is 1. The molecule has 0 radical (unpaired) electrons. The minimum atomic E-state index is -0.461. The van der Waals surface area contributed by atoms with Gasteiger partial charge in [0.05, 0.1) is 17.1 Å². The molecule has 0 unspecified atom stereocenters. The van der Waals surface area contributed by atoms with Crippen molar-refractivity contribution in [3.8, 4) is 0 Å². The molecular weight excluding hydrogens is 319 g/mol. The van der Waals surface area contributed by atoms with Crippen LogP contribution in [-0.4, -0.2) is 29.6 Å². The van der Waals surface area contributed by atoms with Crippen LogP contribution in [0.1, 0.15) is 12.8 Å². The molecule has 2 N–H and O–H groups in total. The van der Waals surface area contributed by atoms with Gasteiger partial charge in [-0.1, -0.05) is 24.3 Å². The molecule has 0 saturated carbocycles. The highest BCUT2D eigenvalue weighted by molar-refractivity contribution is 6.68. The minimum absolute atomic E-state index is 0.0961. The lowest BCUT2D eigenvalue weighted by Gasteiger charge is -2.04. The summed E-state index contributed by atoms with van der Waals surface area (Å²) in [5.74, 6) is -0.867. The fourth-order valence-corrected chi connectivity index (χ4v) is 2.01. The third kappa shape index (κ3) is 5.69. The molecule has 0 fully saturated rings. The Hall–Kier alpha value is -3.28.